The van der Waals surface area contributed by atoms with Crippen LogP contribution >= 0.6 is 11.6 Å². The average Bonchev–Trinajstić information content (AvgIpc) is 2.79. The zero-order valence-electron chi connectivity index (χ0n) is 15.6. The fraction of sp³-hybridized carbons (Fsp3) is 0.300. The van der Waals surface area contributed by atoms with Gasteiger partial charge in [0.2, 0.25) is 15.9 Å². The first-order valence-electron chi connectivity index (χ1n) is 8.80. The normalized spacial score (nSPS) is 17.5. The van der Waals surface area contributed by atoms with E-state index in [1.165, 1.54) is 12.1 Å². The Morgan fingerprint density at radius 3 is 2.46 bits per heavy atom. The fourth-order valence-electron chi connectivity index (χ4n) is 3.11. The number of amides is 2. The summed E-state index contributed by atoms with van der Waals surface area (Å²) in [5.74, 6) is -1.08. The van der Waals surface area contributed by atoms with Gasteiger partial charge in [0.05, 0.1) is 16.9 Å². The lowest BCUT2D eigenvalue weighted by Crippen LogP contribution is -2.33. The molecule has 3 rings (SSSR count). The molecule has 0 saturated carbocycles. The van der Waals surface area contributed by atoms with Crippen LogP contribution in [0, 0.1) is 5.41 Å². The summed E-state index contributed by atoms with van der Waals surface area (Å²) in [6.07, 6.45) is 0.635. The maximum Gasteiger partial charge on any atom is 0.251 e. The van der Waals surface area contributed by atoms with Crippen molar-refractivity contribution >= 4 is 39.1 Å². The SMILES string of the molecule is CC1(C)CS(=O)(=O)N(c2cccc(C(=O)NCCc3ccc(Cl)cc3)c2)C1=O. The molecule has 28 heavy (non-hydrogen) atoms. The highest BCUT2D eigenvalue weighted by molar-refractivity contribution is 7.94. The van der Waals surface area contributed by atoms with Crippen molar-refractivity contribution in [3.05, 3.63) is 64.7 Å². The van der Waals surface area contributed by atoms with Crippen molar-refractivity contribution in [3.8, 4) is 0 Å². The van der Waals surface area contributed by atoms with Crippen LogP contribution < -0.4 is 9.62 Å². The van der Waals surface area contributed by atoms with Crippen molar-refractivity contribution in [2.24, 2.45) is 5.41 Å². The molecule has 2 aromatic rings. The van der Waals surface area contributed by atoms with E-state index < -0.39 is 21.3 Å². The molecule has 0 aromatic heterocycles. The van der Waals surface area contributed by atoms with Crippen molar-refractivity contribution in [2.75, 3.05) is 16.6 Å². The average molecular weight is 421 g/mol. The van der Waals surface area contributed by atoms with Gasteiger partial charge in [-0.15, -0.1) is 0 Å². The third kappa shape index (κ3) is 4.20. The van der Waals surface area contributed by atoms with Crippen molar-refractivity contribution in [1.82, 2.24) is 5.32 Å². The number of nitrogens with zero attached hydrogens (tertiary/aromatic N) is 1. The standard InChI is InChI=1S/C20H21ClN2O4S/c1-20(2)13-28(26,27)23(19(20)25)17-5-3-4-15(12-17)18(24)22-11-10-14-6-8-16(21)9-7-14/h3-9,12H,10-11,13H2,1-2H3,(H,22,24). The molecule has 2 amide bonds. The van der Waals surface area contributed by atoms with Crippen LogP contribution in [0.3, 0.4) is 0 Å². The number of halogens is 1. The van der Waals surface area contributed by atoms with Crippen LogP contribution in [-0.2, 0) is 21.2 Å². The minimum Gasteiger partial charge on any atom is -0.352 e. The molecular formula is C20H21ClN2O4S. The molecule has 0 bridgehead atoms. The van der Waals surface area contributed by atoms with E-state index in [-0.39, 0.29) is 17.3 Å². The van der Waals surface area contributed by atoms with Crippen LogP contribution in [0.5, 0.6) is 0 Å². The minimum absolute atomic E-state index is 0.181. The van der Waals surface area contributed by atoms with Gasteiger partial charge in [-0.25, -0.2) is 12.7 Å². The summed E-state index contributed by atoms with van der Waals surface area (Å²) in [6, 6.07) is 13.4. The molecule has 0 aliphatic carbocycles. The molecule has 0 atom stereocenters. The number of nitrogens with one attached hydrogen (secondary N) is 1. The number of hydrogen-bond donors (Lipinski definition) is 1. The van der Waals surface area contributed by atoms with Gasteiger partial charge in [-0.2, -0.15) is 0 Å². The van der Waals surface area contributed by atoms with E-state index in [0.29, 0.717) is 23.6 Å². The maximum atomic E-state index is 12.5. The van der Waals surface area contributed by atoms with Gasteiger partial charge < -0.3 is 5.32 Å². The van der Waals surface area contributed by atoms with Crippen LogP contribution in [0.2, 0.25) is 5.02 Å². The highest BCUT2D eigenvalue weighted by atomic mass is 35.5. The van der Waals surface area contributed by atoms with E-state index >= 15 is 0 Å². The van der Waals surface area contributed by atoms with Gasteiger partial charge in [0, 0.05) is 17.1 Å². The van der Waals surface area contributed by atoms with Gasteiger partial charge in [-0.05, 0) is 56.2 Å². The first-order chi connectivity index (χ1) is 13.1. The monoisotopic (exact) mass is 420 g/mol. The largest absolute Gasteiger partial charge is 0.352 e. The minimum atomic E-state index is -3.75. The summed E-state index contributed by atoms with van der Waals surface area (Å²) in [7, 11) is -3.75. The zero-order chi connectivity index (χ0) is 20.5. The third-order valence-corrected chi connectivity index (χ3v) is 6.81. The Labute approximate surface area is 169 Å². The van der Waals surface area contributed by atoms with Crippen molar-refractivity contribution < 1.29 is 18.0 Å². The number of sulfonamides is 1. The van der Waals surface area contributed by atoms with E-state index in [1.54, 1.807) is 38.1 Å². The third-order valence-electron chi connectivity index (χ3n) is 4.54. The molecule has 0 unspecified atom stereocenters. The highest BCUT2D eigenvalue weighted by Crippen LogP contribution is 2.35. The molecule has 0 radical (unpaired) electrons. The lowest BCUT2D eigenvalue weighted by Gasteiger charge is -2.18. The fourth-order valence-corrected chi connectivity index (χ4v) is 5.33. The van der Waals surface area contributed by atoms with Gasteiger partial charge >= 0.3 is 0 Å². The number of benzene rings is 2. The number of anilines is 1. The van der Waals surface area contributed by atoms with Gasteiger partial charge in [0.1, 0.15) is 0 Å². The second-order valence-electron chi connectivity index (χ2n) is 7.39. The van der Waals surface area contributed by atoms with E-state index in [0.717, 1.165) is 9.87 Å². The summed E-state index contributed by atoms with van der Waals surface area (Å²) in [5, 5.41) is 3.46. The molecule has 1 fully saturated rings. The number of carbonyl (C=O) groups is 2. The molecule has 8 heteroatoms. The summed E-state index contributed by atoms with van der Waals surface area (Å²) in [4.78, 5) is 25.0. The second kappa shape index (κ2) is 7.56. The Kier molecular flexibility index (Phi) is 5.50. The molecule has 1 aliphatic heterocycles. The first-order valence-corrected chi connectivity index (χ1v) is 10.8. The summed E-state index contributed by atoms with van der Waals surface area (Å²) in [6.45, 7) is 3.61. The molecule has 6 nitrogen and oxygen atoms in total. The lowest BCUT2D eigenvalue weighted by atomic mass is 9.95. The van der Waals surface area contributed by atoms with E-state index in [4.69, 9.17) is 11.6 Å². The summed E-state index contributed by atoms with van der Waals surface area (Å²) < 4.78 is 25.6. The predicted octanol–water partition coefficient (Wildman–Crippen LogP) is 3.02. The van der Waals surface area contributed by atoms with Crippen LogP contribution in [-0.4, -0.2) is 32.5 Å². The van der Waals surface area contributed by atoms with Gasteiger partial charge in [-0.3, -0.25) is 9.59 Å². The molecule has 1 heterocycles. The topological polar surface area (TPSA) is 83.6 Å². The number of hydrogen-bond acceptors (Lipinski definition) is 4. The van der Waals surface area contributed by atoms with Crippen LogP contribution in [0.15, 0.2) is 48.5 Å². The smallest absolute Gasteiger partial charge is 0.251 e. The quantitative estimate of drug-likeness (QED) is 0.805. The zero-order valence-corrected chi connectivity index (χ0v) is 17.2. The Balaban J connectivity index is 1.71. The molecule has 1 aliphatic rings. The van der Waals surface area contributed by atoms with Gasteiger partial charge in [0.25, 0.3) is 5.91 Å². The lowest BCUT2D eigenvalue weighted by molar-refractivity contribution is -0.123. The molecule has 0 spiro atoms. The molecule has 1 saturated heterocycles. The number of carbonyl (C=O) groups excluding carboxylic acids is 2. The number of rotatable bonds is 5. The molecule has 148 valence electrons. The van der Waals surface area contributed by atoms with Crippen LogP contribution in [0.1, 0.15) is 29.8 Å². The van der Waals surface area contributed by atoms with E-state index in [9.17, 15) is 18.0 Å². The first kappa shape index (κ1) is 20.4. The Morgan fingerprint density at radius 2 is 1.86 bits per heavy atom. The summed E-state index contributed by atoms with van der Waals surface area (Å²) >= 11 is 5.85. The highest BCUT2D eigenvalue weighted by Gasteiger charge is 2.49. The second-order valence-corrected chi connectivity index (χ2v) is 9.65. The Bertz CT molecular complexity index is 1020. The van der Waals surface area contributed by atoms with Crippen molar-refractivity contribution in [1.29, 1.82) is 0 Å². The van der Waals surface area contributed by atoms with Crippen LogP contribution in [0.4, 0.5) is 5.69 Å². The predicted molar refractivity (Wildman–Crippen MR) is 109 cm³/mol. The van der Waals surface area contributed by atoms with Gasteiger partial charge in [0.15, 0.2) is 0 Å². The Hall–Kier alpha value is -2.38. The Morgan fingerprint density at radius 1 is 1.18 bits per heavy atom. The van der Waals surface area contributed by atoms with Crippen molar-refractivity contribution in [2.45, 2.75) is 20.3 Å². The van der Waals surface area contributed by atoms with Crippen molar-refractivity contribution in [3.63, 3.8) is 0 Å². The van der Waals surface area contributed by atoms with Crippen LogP contribution in [0.25, 0.3) is 0 Å². The van der Waals surface area contributed by atoms with E-state index in [2.05, 4.69) is 5.32 Å². The molecule has 2 aromatic carbocycles. The summed E-state index contributed by atoms with van der Waals surface area (Å²) in [5.41, 5.74) is 0.520. The maximum absolute atomic E-state index is 12.5. The molecule has 1 N–H and O–H groups in total. The molecular weight excluding hydrogens is 400 g/mol. The van der Waals surface area contributed by atoms with Gasteiger partial charge in [-0.1, -0.05) is 29.8 Å². The van der Waals surface area contributed by atoms with E-state index in [1.807, 2.05) is 12.1 Å².